The molecule has 1 heterocycles. The number of hydrogen-bond acceptors (Lipinski definition) is 10. The van der Waals surface area contributed by atoms with Crippen molar-refractivity contribution in [1.82, 2.24) is 5.32 Å². The molecule has 1 aliphatic rings. The number of nitrogens with one attached hydrogen (secondary N) is 1. The van der Waals surface area contributed by atoms with E-state index in [4.69, 9.17) is 14.2 Å². The Hall–Kier alpha value is -2.38. The van der Waals surface area contributed by atoms with E-state index in [-0.39, 0.29) is 19.4 Å². The molecule has 1 amide bonds. The highest BCUT2D eigenvalue weighted by Crippen LogP contribution is 2.27. The van der Waals surface area contributed by atoms with Crippen LogP contribution in [0, 0.1) is 0 Å². The second kappa shape index (κ2) is 67.6. The van der Waals surface area contributed by atoms with Crippen molar-refractivity contribution in [2.75, 3.05) is 13.2 Å². The lowest BCUT2D eigenvalue weighted by Gasteiger charge is -2.41. The van der Waals surface area contributed by atoms with Crippen molar-refractivity contribution in [2.45, 2.75) is 436 Å². The predicted molar refractivity (Wildman–Crippen MR) is 384 cm³/mol. The van der Waals surface area contributed by atoms with Crippen LogP contribution in [0.15, 0.2) is 48.6 Å². The molecule has 0 aromatic carbocycles. The fourth-order valence-electron chi connectivity index (χ4n) is 12.5. The molecular formula is C80H149NO10. The number of unbranched alkanes of at least 4 members (excludes halogenated alkanes) is 49. The summed E-state index contributed by atoms with van der Waals surface area (Å²) in [5, 5.41) is 57.4. The Morgan fingerprint density at radius 2 is 0.758 bits per heavy atom. The van der Waals surface area contributed by atoms with Crippen LogP contribution in [0.1, 0.15) is 387 Å². The Balaban J connectivity index is 2.51. The van der Waals surface area contributed by atoms with Gasteiger partial charge in [0.05, 0.1) is 25.4 Å². The lowest BCUT2D eigenvalue weighted by Crippen LogP contribution is -2.61. The fourth-order valence-corrected chi connectivity index (χ4v) is 12.5. The highest BCUT2D eigenvalue weighted by Gasteiger charge is 2.47. The summed E-state index contributed by atoms with van der Waals surface area (Å²) in [4.78, 5) is 26.8. The van der Waals surface area contributed by atoms with Gasteiger partial charge in [0.2, 0.25) is 5.91 Å². The first-order chi connectivity index (χ1) is 44.7. The van der Waals surface area contributed by atoms with Crippen LogP contribution >= 0.6 is 0 Å². The lowest BCUT2D eigenvalue weighted by atomic mass is 9.99. The van der Waals surface area contributed by atoms with E-state index in [2.05, 4.69) is 62.5 Å². The molecule has 1 saturated heterocycles. The molecule has 11 heteroatoms. The number of hydrogen-bond donors (Lipinski definition) is 6. The van der Waals surface area contributed by atoms with E-state index in [0.29, 0.717) is 12.8 Å². The van der Waals surface area contributed by atoms with Crippen LogP contribution in [0.5, 0.6) is 0 Å². The molecule has 0 aromatic rings. The van der Waals surface area contributed by atoms with Crippen LogP contribution in [0.2, 0.25) is 0 Å². The summed E-state index contributed by atoms with van der Waals surface area (Å²) in [5.74, 6) is -1.18. The van der Waals surface area contributed by atoms with Crippen LogP contribution in [0.3, 0.4) is 0 Å². The van der Waals surface area contributed by atoms with Gasteiger partial charge in [0.15, 0.2) is 12.4 Å². The van der Waals surface area contributed by atoms with Crippen molar-refractivity contribution < 1.29 is 49.3 Å². The van der Waals surface area contributed by atoms with Gasteiger partial charge in [-0.15, -0.1) is 0 Å². The van der Waals surface area contributed by atoms with Gasteiger partial charge in [-0.2, -0.15) is 0 Å². The van der Waals surface area contributed by atoms with Gasteiger partial charge in [-0.1, -0.05) is 365 Å². The van der Waals surface area contributed by atoms with E-state index in [9.17, 15) is 35.1 Å². The molecule has 0 aliphatic carbocycles. The molecule has 0 radical (unpaired) electrons. The van der Waals surface area contributed by atoms with Gasteiger partial charge in [-0.25, -0.2) is 0 Å². The van der Waals surface area contributed by atoms with Gasteiger partial charge >= 0.3 is 5.97 Å². The third kappa shape index (κ3) is 54.4. The molecule has 1 rings (SSSR count). The number of esters is 1. The molecular weight excluding hydrogens is 1130 g/mol. The Labute approximate surface area is 561 Å². The first-order valence-electron chi connectivity index (χ1n) is 39.4. The number of amides is 1. The standard InChI is InChI=1S/C80H149NO10/c1-4-7-10-13-16-19-22-25-27-29-31-33-35-36-37-38-39-41-43-45-47-50-53-56-59-62-65-68-75(85)91-78-77(87)76(86)74(69-82)90-80(78)89-70-71(72(83)66-63-60-57-54-51-48-24-21-18-15-12-9-6-3)81-79(88)73(84)67-64-61-58-55-52-49-46-44-42-40-34-32-30-28-26-23-20-17-14-11-8-5-2/h17,20,26,28,32,34,63,66,71-74,76-78,80,82-84,86-87H,4-16,18-19,21-25,27,29-31,33,35-62,64-65,67-70H2,1-3H3,(H,81,88)/b20-17-,28-26-,34-32-,66-63+. The minimum Gasteiger partial charge on any atom is -0.454 e. The molecule has 1 fully saturated rings. The minimum absolute atomic E-state index is 0.128. The molecule has 6 N–H and O–H groups in total. The molecule has 91 heavy (non-hydrogen) atoms. The number of allylic oxidation sites excluding steroid dienone is 7. The van der Waals surface area contributed by atoms with Crippen LogP contribution in [-0.2, 0) is 23.8 Å². The van der Waals surface area contributed by atoms with Gasteiger partial charge in [0.1, 0.15) is 24.4 Å². The third-order valence-corrected chi connectivity index (χ3v) is 18.7. The second-order valence-electron chi connectivity index (χ2n) is 27.5. The SMILES string of the molecule is CCCCC/C=C\C/C=C\C/C=C\CCCCCCCCCCCC(O)C(=O)NC(COC1OC(CO)C(O)C(O)C1OC(=O)CCCCCCCCCCCCCCCCCCCCCCCCCCCCC)C(O)/C=C/CCCCCCCCCCCCC. The summed E-state index contributed by atoms with van der Waals surface area (Å²) >= 11 is 0. The quantitative estimate of drug-likeness (QED) is 0.0195. The predicted octanol–water partition coefficient (Wildman–Crippen LogP) is 21.1. The third-order valence-electron chi connectivity index (χ3n) is 18.7. The van der Waals surface area contributed by atoms with Crippen LogP contribution in [-0.4, -0.2) is 99.6 Å². The molecule has 0 aromatic heterocycles. The average molecular weight is 1290 g/mol. The first kappa shape index (κ1) is 86.6. The second-order valence-corrected chi connectivity index (χ2v) is 27.5. The zero-order valence-corrected chi connectivity index (χ0v) is 59.7. The number of carbonyl (C=O) groups excluding carboxylic acids is 2. The maximum atomic E-state index is 13.5. The summed E-state index contributed by atoms with van der Waals surface area (Å²) in [6.07, 6.45) is 75.9. The maximum Gasteiger partial charge on any atom is 0.306 e. The summed E-state index contributed by atoms with van der Waals surface area (Å²) in [5.41, 5.74) is 0. The lowest BCUT2D eigenvalue weighted by molar-refractivity contribution is -0.305. The summed E-state index contributed by atoms with van der Waals surface area (Å²) in [6, 6.07) is -1.03. The van der Waals surface area contributed by atoms with Crippen molar-refractivity contribution in [1.29, 1.82) is 0 Å². The van der Waals surface area contributed by atoms with Crippen LogP contribution in [0.4, 0.5) is 0 Å². The van der Waals surface area contributed by atoms with Crippen molar-refractivity contribution in [3.8, 4) is 0 Å². The highest BCUT2D eigenvalue weighted by atomic mass is 16.7. The summed E-state index contributed by atoms with van der Waals surface area (Å²) in [7, 11) is 0. The van der Waals surface area contributed by atoms with Gasteiger partial charge in [0, 0.05) is 6.42 Å². The molecule has 8 unspecified atom stereocenters. The zero-order chi connectivity index (χ0) is 66.0. The van der Waals surface area contributed by atoms with Gasteiger partial charge < -0.3 is 45.1 Å². The zero-order valence-electron chi connectivity index (χ0n) is 59.7. The Kier molecular flexibility index (Phi) is 64.3. The van der Waals surface area contributed by atoms with E-state index >= 15 is 0 Å². The topological polar surface area (TPSA) is 175 Å². The first-order valence-corrected chi connectivity index (χ1v) is 39.4. The minimum atomic E-state index is -1.61. The Morgan fingerprint density at radius 3 is 1.15 bits per heavy atom. The molecule has 534 valence electrons. The Bertz CT molecular complexity index is 1670. The van der Waals surface area contributed by atoms with Gasteiger partial charge in [0.25, 0.3) is 0 Å². The molecule has 1 aliphatic heterocycles. The smallest absolute Gasteiger partial charge is 0.306 e. The summed E-state index contributed by atoms with van der Waals surface area (Å²) in [6.45, 7) is 5.83. The normalized spacial score (nSPS) is 18.2. The molecule has 0 bridgehead atoms. The van der Waals surface area contributed by atoms with Crippen LogP contribution in [0.25, 0.3) is 0 Å². The van der Waals surface area contributed by atoms with Crippen molar-refractivity contribution in [3.63, 3.8) is 0 Å². The van der Waals surface area contributed by atoms with E-state index in [1.165, 1.54) is 263 Å². The number of carbonyl (C=O) groups is 2. The maximum absolute atomic E-state index is 13.5. The summed E-state index contributed by atoms with van der Waals surface area (Å²) < 4.78 is 17.8. The number of ether oxygens (including phenoxy) is 3. The van der Waals surface area contributed by atoms with E-state index in [1.54, 1.807) is 6.08 Å². The van der Waals surface area contributed by atoms with Crippen LogP contribution < -0.4 is 5.32 Å². The van der Waals surface area contributed by atoms with Crippen molar-refractivity contribution in [2.24, 2.45) is 0 Å². The monoisotopic (exact) mass is 1280 g/mol. The highest BCUT2D eigenvalue weighted by molar-refractivity contribution is 5.80. The largest absolute Gasteiger partial charge is 0.454 e. The van der Waals surface area contributed by atoms with Crippen molar-refractivity contribution in [3.05, 3.63) is 48.6 Å². The number of aliphatic hydroxyl groups is 5. The number of aliphatic hydroxyl groups excluding tert-OH is 5. The fraction of sp³-hybridized carbons (Fsp3) is 0.875. The van der Waals surface area contributed by atoms with Gasteiger partial charge in [-0.05, 0) is 64.2 Å². The average Bonchev–Trinajstić information content (AvgIpc) is 1.05. The van der Waals surface area contributed by atoms with Gasteiger partial charge in [-0.3, -0.25) is 9.59 Å². The van der Waals surface area contributed by atoms with E-state index in [0.717, 1.165) is 77.0 Å². The molecule has 11 nitrogen and oxygen atoms in total. The van der Waals surface area contributed by atoms with E-state index < -0.39 is 67.4 Å². The van der Waals surface area contributed by atoms with E-state index in [1.807, 2.05) is 6.08 Å². The Morgan fingerprint density at radius 1 is 0.429 bits per heavy atom. The van der Waals surface area contributed by atoms with Crippen molar-refractivity contribution >= 4 is 11.9 Å². The number of rotatable bonds is 69. The molecule has 0 saturated carbocycles. The molecule has 0 spiro atoms. The molecule has 8 atom stereocenters.